The van der Waals surface area contributed by atoms with Gasteiger partial charge in [0.2, 0.25) is 5.91 Å². The van der Waals surface area contributed by atoms with Crippen LogP contribution >= 0.6 is 0 Å². The first-order valence-corrected chi connectivity index (χ1v) is 7.61. The highest BCUT2D eigenvalue weighted by Crippen LogP contribution is 2.19. The summed E-state index contributed by atoms with van der Waals surface area (Å²) in [4.78, 5) is 14.3. The van der Waals surface area contributed by atoms with E-state index in [0.717, 1.165) is 19.4 Å². The molecule has 4 nitrogen and oxygen atoms in total. The van der Waals surface area contributed by atoms with E-state index >= 15 is 0 Å². The molecule has 1 fully saturated rings. The minimum absolute atomic E-state index is 0.0883. The van der Waals surface area contributed by atoms with Crippen LogP contribution in [0.25, 0.3) is 0 Å². The molecule has 1 saturated heterocycles. The van der Waals surface area contributed by atoms with Crippen molar-refractivity contribution in [3.05, 3.63) is 30.1 Å². The van der Waals surface area contributed by atoms with Gasteiger partial charge in [-0.3, -0.25) is 9.69 Å². The second kappa shape index (κ2) is 7.52. The SMILES string of the molecule is CC(N)C1CCCCN1CCC(=O)Nc1cccc(F)c1. The molecule has 3 N–H and O–H groups in total. The van der Waals surface area contributed by atoms with Gasteiger partial charge >= 0.3 is 0 Å². The quantitative estimate of drug-likeness (QED) is 0.876. The number of nitrogens with two attached hydrogens (primary N) is 1. The predicted octanol–water partition coefficient (Wildman–Crippen LogP) is 2.36. The first-order valence-electron chi connectivity index (χ1n) is 7.61. The number of hydrogen-bond acceptors (Lipinski definition) is 3. The Labute approximate surface area is 125 Å². The van der Waals surface area contributed by atoms with Crippen molar-refractivity contribution in [2.75, 3.05) is 18.4 Å². The van der Waals surface area contributed by atoms with Crippen molar-refractivity contribution in [1.29, 1.82) is 0 Å². The third-order valence-corrected chi connectivity index (χ3v) is 4.01. The molecular weight excluding hydrogens is 269 g/mol. The van der Waals surface area contributed by atoms with E-state index < -0.39 is 0 Å². The molecule has 1 aromatic rings. The smallest absolute Gasteiger partial charge is 0.225 e. The maximum atomic E-state index is 13.1. The van der Waals surface area contributed by atoms with Crippen LogP contribution in [0.5, 0.6) is 0 Å². The third-order valence-electron chi connectivity index (χ3n) is 4.01. The normalized spacial score (nSPS) is 21.0. The van der Waals surface area contributed by atoms with Gasteiger partial charge in [-0.2, -0.15) is 0 Å². The zero-order valence-corrected chi connectivity index (χ0v) is 12.5. The largest absolute Gasteiger partial charge is 0.327 e. The summed E-state index contributed by atoms with van der Waals surface area (Å²) >= 11 is 0. The van der Waals surface area contributed by atoms with Crippen LogP contribution in [0.2, 0.25) is 0 Å². The standard InChI is InChI=1S/C16H24FN3O/c1-12(18)15-7-2-3-9-20(15)10-8-16(21)19-14-6-4-5-13(17)11-14/h4-6,11-12,15H,2-3,7-10,18H2,1H3,(H,19,21). The van der Waals surface area contributed by atoms with Crippen LogP contribution in [-0.2, 0) is 4.79 Å². The topological polar surface area (TPSA) is 58.4 Å². The fourth-order valence-corrected chi connectivity index (χ4v) is 2.92. The number of nitrogens with one attached hydrogen (secondary N) is 1. The maximum Gasteiger partial charge on any atom is 0.225 e. The Balaban J connectivity index is 1.82. The molecule has 0 bridgehead atoms. The van der Waals surface area contributed by atoms with Gasteiger partial charge < -0.3 is 11.1 Å². The van der Waals surface area contributed by atoms with Gasteiger partial charge in [0, 0.05) is 30.7 Å². The summed E-state index contributed by atoms with van der Waals surface area (Å²) in [5, 5.41) is 2.73. The lowest BCUT2D eigenvalue weighted by Crippen LogP contribution is -2.49. The highest BCUT2D eigenvalue weighted by atomic mass is 19.1. The summed E-state index contributed by atoms with van der Waals surface area (Å²) in [5.41, 5.74) is 6.52. The summed E-state index contributed by atoms with van der Waals surface area (Å²) in [6, 6.07) is 6.44. The Bertz CT molecular complexity index is 478. The Morgan fingerprint density at radius 3 is 3.05 bits per heavy atom. The molecule has 1 amide bonds. The number of halogens is 1. The third kappa shape index (κ3) is 4.79. The summed E-state index contributed by atoms with van der Waals surface area (Å²) in [5.74, 6) is -0.435. The Morgan fingerprint density at radius 2 is 2.33 bits per heavy atom. The molecule has 5 heteroatoms. The van der Waals surface area contributed by atoms with Crippen molar-refractivity contribution in [2.45, 2.75) is 44.7 Å². The molecule has 0 aromatic heterocycles. The molecule has 1 aliphatic rings. The van der Waals surface area contributed by atoms with Crippen LogP contribution in [0, 0.1) is 5.82 Å². The zero-order valence-electron chi connectivity index (χ0n) is 12.5. The second-order valence-corrected chi connectivity index (χ2v) is 5.77. The highest BCUT2D eigenvalue weighted by Gasteiger charge is 2.25. The molecule has 2 rings (SSSR count). The van der Waals surface area contributed by atoms with Gasteiger partial charge in [-0.05, 0) is 44.5 Å². The van der Waals surface area contributed by atoms with Gasteiger partial charge in [0.15, 0.2) is 0 Å². The number of amides is 1. The Hall–Kier alpha value is -1.46. The summed E-state index contributed by atoms with van der Waals surface area (Å²) in [7, 11) is 0. The number of carbonyl (C=O) groups excluding carboxylic acids is 1. The van der Waals surface area contributed by atoms with Crippen LogP contribution in [0.15, 0.2) is 24.3 Å². The summed E-state index contributed by atoms with van der Waals surface area (Å²) < 4.78 is 13.1. The van der Waals surface area contributed by atoms with Gasteiger partial charge in [-0.1, -0.05) is 12.5 Å². The fraction of sp³-hybridized carbons (Fsp3) is 0.562. The van der Waals surface area contributed by atoms with E-state index in [0.29, 0.717) is 24.7 Å². The van der Waals surface area contributed by atoms with Crippen LogP contribution in [0.4, 0.5) is 10.1 Å². The lowest BCUT2D eigenvalue weighted by molar-refractivity contribution is -0.116. The van der Waals surface area contributed by atoms with Crippen LogP contribution in [0.3, 0.4) is 0 Å². The average molecular weight is 293 g/mol. The number of nitrogens with zero attached hydrogens (tertiary/aromatic N) is 1. The van der Waals surface area contributed by atoms with Crippen molar-refractivity contribution in [3.63, 3.8) is 0 Å². The number of piperidine rings is 1. The van der Waals surface area contributed by atoms with Crippen LogP contribution in [0.1, 0.15) is 32.6 Å². The Kier molecular flexibility index (Phi) is 5.70. The lowest BCUT2D eigenvalue weighted by atomic mass is 9.97. The number of rotatable bonds is 5. The van der Waals surface area contributed by atoms with E-state index in [1.807, 2.05) is 6.92 Å². The molecule has 21 heavy (non-hydrogen) atoms. The van der Waals surface area contributed by atoms with E-state index in [9.17, 15) is 9.18 Å². The fourth-order valence-electron chi connectivity index (χ4n) is 2.92. The van der Waals surface area contributed by atoms with Gasteiger partial charge in [0.25, 0.3) is 0 Å². The van der Waals surface area contributed by atoms with Crippen molar-refractivity contribution in [3.8, 4) is 0 Å². The van der Waals surface area contributed by atoms with E-state index in [4.69, 9.17) is 5.73 Å². The maximum absolute atomic E-state index is 13.1. The first-order chi connectivity index (χ1) is 10.1. The number of likely N-dealkylation sites (tertiary alicyclic amines) is 1. The highest BCUT2D eigenvalue weighted by molar-refractivity contribution is 5.90. The van der Waals surface area contributed by atoms with E-state index in [-0.39, 0.29) is 17.8 Å². The van der Waals surface area contributed by atoms with Crippen LogP contribution < -0.4 is 11.1 Å². The molecule has 1 aromatic carbocycles. The molecule has 0 saturated carbocycles. The summed E-state index contributed by atoms with van der Waals surface area (Å²) in [6.07, 6.45) is 3.87. The van der Waals surface area contributed by atoms with Crippen molar-refractivity contribution in [1.82, 2.24) is 4.90 Å². The minimum atomic E-state index is -0.346. The molecule has 2 atom stereocenters. The van der Waals surface area contributed by atoms with Crippen molar-refractivity contribution >= 4 is 11.6 Å². The van der Waals surface area contributed by atoms with Gasteiger partial charge in [-0.25, -0.2) is 4.39 Å². The molecule has 0 spiro atoms. The number of carbonyl (C=O) groups is 1. The number of anilines is 1. The lowest BCUT2D eigenvalue weighted by Gasteiger charge is -2.37. The first kappa shape index (κ1) is 15.9. The second-order valence-electron chi connectivity index (χ2n) is 5.77. The van der Waals surface area contributed by atoms with Gasteiger partial charge in [-0.15, -0.1) is 0 Å². The molecule has 116 valence electrons. The molecule has 0 radical (unpaired) electrons. The predicted molar refractivity (Wildman–Crippen MR) is 82.5 cm³/mol. The Morgan fingerprint density at radius 1 is 1.52 bits per heavy atom. The zero-order chi connectivity index (χ0) is 15.2. The van der Waals surface area contributed by atoms with Crippen LogP contribution in [-0.4, -0.2) is 36.0 Å². The summed E-state index contributed by atoms with van der Waals surface area (Å²) in [6.45, 7) is 3.72. The van der Waals surface area contributed by atoms with Crippen molar-refractivity contribution < 1.29 is 9.18 Å². The molecule has 1 aliphatic heterocycles. The number of benzene rings is 1. The van der Waals surface area contributed by atoms with E-state index in [1.54, 1.807) is 12.1 Å². The van der Waals surface area contributed by atoms with E-state index in [2.05, 4.69) is 10.2 Å². The minimum Gasteiger partial charge on any atom is -0.327 e. The number of hydrogen-bond donors (Lipinski definition) is 2. The van der Waals surface area contributed by atoms with Crippen molar-refractivity contribution in [2.24, 2.45) is 5.73 Å². The average Bonchev–Trinajstić information content (AvgIpc) is 2.45. The molecule has 2 unspecified atom stereocenters. The van der Waals surface area contributed by atoms with E-state index in [1.165, 1.54) is 18.6 Å². The molecule has 0 aliphatic carbocycles. The van der Waals surface area contributed by atoms with Gasteiger partial charge in [0.1, 0.15) is 5.82 Å². The molecule has 1 heterocycles. The monoisotopic (exact) mass is 293 g/mol. The molecular formula is C16H24FN3O. The van der Waals surface area contributed by atoms with Gasteiger partial charge in [0.05, 0.1) is 0 Å².